The maximum absolute atomic E-state index is 12.2. The van der Waals surface area contributed by atoms with Crippen molar-refractivity contribution >= 4 is 21.6 Å². The molecule has 3 heterocycles. The van der Waals surface area contributed by atoms with Crippen LogP contribution >= 0.6 is 11.3 Å². The Morgan fingerprint density at radius 3 is 2.95 bits per heavy atom. The highest BCUT2D eigenvalue weighted by Gasteiger charge is 2.11. The lowest BCUT2D eigenvalue weighted by molar-refractivity contribution is 0.748. The van der Waals surface area contributed by atoms with Crippen LogP contribution in [-0.2, 0) is 13.1 Å². The van der Waals surface area contributed by atoms with E-state index in [1.807, 2.05) is 36.9 Å². The Balaban J connectivity index is 2.02. The van der Waals surface area contributed by atoms with Gasteiger partial charge in [-0.25, -0.2) is 4.98 Å². The van der Waals surface area contributed by atoms with Gasteiger partial charge in [-0.15, -0.1) is 11.3 Å². The Labute approximate surface area is 120 Å². The van der Waals surface area contributed by atoms with Crippen LogP contribution in [0.25, 0.3) is 10.2 Å². The van der Waals surface area contributed by atoms with Gasteiger partial charge in [0, 0.05) is 23.8 Å². The first kappa shape index (κ1) is 13.1. The molecule has 6 heteroatoms. The summed E-state index contributed by atoms with van der Waals surface area (Å²) in [7, 11) is 0. The number of aryl methyl sites for hydroxylation is 2. The van der Waals surface area contributed by atoms with Crippen LogP contribution in [0.15, 0.2) is 23.3 Å². The van der Waals surface area contributed by atoms with Crippen molar-refractivity contribution in [3.05, 3.63) is 50.6 Å². The molecule has 0 fully saturated rings. The summed E-state index contributed by atoms with van der Waals surface area (Å²) in [5.41, 5.74) is 7.62. The number of thiophene rings is 1. The molecule has 3 aromatic rings. The van der Waals surface area contributed by atoms with Gasteiger partial charge in [0.2, 0.25) is 0 Å². The fraction of sp³-hybridized carbons (Fsp3) is 0.286. The lowest BCUT2D eigenvalue weighted by Crippen LogP contribution is -2.13. The summed E-state index contributed by atoms with van der Waals surface area (Å²) in [6, 6.07) is 1.97. The number of aromatic amines is 1. The number of rotatable bonds is 3. The van der Waals surface area contributed by atoms with E-state index in [2.05, 4.69) is 9.97 Å². The van der Waals surface area contributed by atoms with E-state index in [0.717, 1.165) is 20.8 Å². The minimum absolute atomic E-state index is 0.0574. The molecule has 0 saturated carbocycles. The molecule has 20 heavy (non-hydrogen) atoms. The van der Waals surface area contributed by atoms with E-state index >= 15 is 0 Å². The molecule has 3 aromatic heterocycles. The van der Waals surface area contributed by atoms with E-state index in [1.54, 1.807) is 11.3 Å². The van der Waals surface area contributed by atoms with Crippen molar-refractivity contribution in [2.75, 3.05) is 0 Å². The average molecular weight is 288 g/mol. The van der Waals surface area contributed by atoms with Gasteiger partial charge in [-0.3, -0.25) is 4.79 Å². The minimum Gasteiger partial charge on any atom is -0.346 e. The van der Waals surface area contributed by atoms with Crippen LogP contribution in [0.5, 0.6) is 0 Å². The zero-order chi connectivity index (χ0) is 14.3. The van der Waals surface area contributed by atoms with Crippen molar-refractivity contribution in [3.63, 3.8) is 0 Å². The summed E-state index contributed by atoms with van der Waals surface area (Å²) in [6.45, 7) is 5.03. The number of aromatic nitrogens is 3. The minimum atomic E-state index is -0.0574. The predicted molar refractivity (Wildman–Crippen MR) is 81.1 cm³/mol. The molecule has 0 unspecified atom stereocenters. The van der Waals surface area contributed by atoms with Crippen LogP contribution in [0.1, 0.15) is 21.8 Å². The molecule has 0 spiro atoms. The Morgan fingerprint density at radius 1 is 1.45 bits per heavy atom. The molecular formula is C14H16N4OS. The van der Waals surface area contributed by atoms with E-state index in [1.165, 1.54) is 0 Å². The van der Waals surface area contributed by atoms with Gasteiger partial charge in [-0.1, -0.05) is 0 Å². The first-order valence-electron chi connectivity index (χ1n) is 6.42. The van der Waals surface area contributed by atoms with Gasteiger partial charge < -0.3 is 15.3 Å². The Hall–Kier alpha value is -1.92. The van der Waals surface area contributed by atoms with Gasteiger partial charge in [0.25, 0.3) is 5.56 Å². The fourth-order valence-electron chi connectivity index (χ4n) is 2.26. The van der Waals surface area contributed by atoms with E-state index in [4.69, 9.17) is 5.73 Å². The van der Waals surface area contributed by atoms with Crippen LogP contribution in [0, 0.1) is 13.8 Å². The monoisotopic (exact) mass is 288 g/mol. The van der Waals surface area contributed by atoms with Gasteiger partial charge in [0.15, 0.2) is 0 Å². The standard InChI is InChI=1S/C14H16N4OS/c1-8-9(2)20-14-12(8)13(19)16-11(17-14)7-18-4-3-10(5-15)6-18/h3-4,6H,5,7,15H2,1-2H3,(H,16,17,19). The molecule has 0 aliphatic rings. The van der Waals surface area contributed by atoms with Crippen molar-refractivity contribution in [3.8, 4) is 0 Å². The van der Waals surface area contributed by atoms with Crippen molar-refractivity contribution in [2.45, 2.75) is 26.9 Å². The quantitative estimate of drug-likeness (QED) is 0.773. The fourth-order valence-corrected chi connectivity index (χ4v) is 3.31. The number of nitrogens with two attached hydrogens (primary N) is 1. The third-order valence-corrected chi connectivity index (χ3v) is 4.57. The Kier molecular flexibility index (Phi) is 3.19. The van der Waals surface area contributed by atoms with Crippen molar-refractivity contribution in [1.82, 2.24) is 14.5 Å². The second-order valence-electron chi connectivity index (χ2n) is 4.87. The van der Waals surface area contributed by atoms with Crippen LogP contribution < -0.4 is 11.3 Å². The molecule has 104 valence electrons. The number of hydrogen-bond acceptors (Lipinski definition) is 4. The summed E-state index contributed by atoms with van der Waals surface area (Å²) in [4.78, 5) is 21.5. The molecule has 0 amide bonds. The van der Waals surface area contributed by atoms with Crippen molar-refractivity contribution in [1.29, 1.82) is 0 Å². The highest BCUT2D eigenvalue weighted by Crippen LogP contribution is 2.25. The number of fused-ring (bicyclic) bond motifs is 1. The number of nitrogens with zero attached hydrogens (tertiary/aromatic N) is 2. The number of nitrogens with one attached hydrogen (secondary N) is 1. The van der Waals surface area contributed by atoms with Crippen LogP contribution in [0.4, 0.5) is 0 Å². The third kappa shape index (κ3) is 2.17. The largest absolute Gasteiger partial charge is 0.346 e. The molecular weight excluding hydrogens is 272 g/mol. The molecule has 0 aliphatic carbocycles. The molecule has 0 bridgehead atoms. The number of hydrogen-bond donors (Lipinski definition) is 2. The summed E-state index contributed by atoms with van der Waals surface area (Å²) in [6.07, 6.45) is 3.91. The van der Waals surface area contributed by atoms with Crippen LogP contribution in [0.3, 0.4) is 0 Å². The second-order valence-corrected chi connectivity index (χ2v) is 6.08. The van der Waals surface area contributed by atoms with Crippen LogP contribution in [0.2, 0.25) is 0 Å². The normalized spacial score (nSPS) is 11.3. The summed E-state index contributed by atoms with van der Waals surface area (Å²) in [5, 5.41) is 0.714. The molecule has 0 saturated heterocycles. The maximum Gasteiger partial charge on any atom is 0.259 e. The third-order valence-electron chi connectivity index (χ3n) is 3.47. The zero-order valence-electron chi connectivity index (χ0n) is 11.4. The van der Waals surface area contributed by atoms with Gasteiger partial charge in [0.1, 0.15) is 10.7 Å². The molecule has 0 atom stereocenters. The van der Waals surface area contributed by atoms with Crippen molar-refractivity contribution in [2.24, 2.45) is 5.73 Å². The Morgan fingerprint density at radius 2 is 2.25 bits per heavy atom. The topological polar surface area (TPSA) is 76.7 Å². The molecule has 0 radical (unpaired) electrons. The lowest BCUT2D eigenvalue weighted by Gasteiger charge is -2.02. The first-order chi connectivity index (χ1) is 9.58. The van der Waals surface area contributed by atoms with Crippen molar-refractivity contribution < 1.29 is 0 Å². The molecule has 5 nitrogen and oxygen atoms in total. The number of H-pyrrole nitrogens is 1. The molecule has 0 aromatic carbocycles. The summed E-state index contributed by atoms with van der Waals surface area (Å²) < 4.78 is 1.97. The van der Waals surface area contributed by atoms with Gasteiger partial charge in [-0.05, 0) is 31.0 Å². The van der Waals surface area contributed by atoms with E-state index in [9.17, 15) is 4.79 Å². The van der Waals surface area contributed by atoms with E-state index in [-0.39, 0.29) is 5.56 Å². The first-order valence-corrected chi connectivity index (χ1v) is 7.23. The second kappa shape index (κ2) is 4.88. The molecule has 3 N–H and O–H groups in total. The lowest BCUT2D eigenvalue weighted by atomic mass is 10.2. The summed E-state index contributed by atoms with van der Waals surface area (Å²) in [5.74, 6) is 0.669. The van der Waals surface area contributed by atoms with Crippen LogP contribution in [-0.4, -0.2) is 14.5 Å². The van der Waals surface area contributed by atoms with Gasteiger partial charge in [-0.2, -0.15) is 0 Å². The van der Waals surface area contributed by atoms with Gasteiger partial charge >= 0.3 is 0 Å². The highest BCUT2D eigenvalue weighted by atomic mass is 32.1. The average Bonchev–Trinajstić information content (AvgIpc) is 2.95. The molecule has 0 aliphatic heterocycles. The zero-order valence-corrected chi connectivity index (χ0v) is 12.3. The van der Waals surface area contributed by atoms with Gasteiger partial charge in [0.05, 0.1) is 11.9 Å². The highest BCUT2D eigenvalue weighted by molar-refractivity contribution is 7.18. The Bertz CT molecular complexity index is 827. The van der Waals surface area contributed by atoms with E-state index < -0.39 is 0 Å². The smallest absolute Gasteiger partial charge is 0.259 e. The predicted octanol–water partition coefficient (Wildman–Crippen LogP) is 1.91. The summed E-state index contributed by atoms with van der Waals surface area (Å²) >= 11 is 1.57. The molecule has 3 rings (SSSR count). The maximum atomic E-state index is 12.2. The SMILES string of the molecule is Cc1sc2nc(Cn3ccc(CN)c3)[nH]c(=O)c2c1C. The van der Waals surface area contributed by atoms with E-state index in [0.29, 0.717) is 24.3 Å².